The maximum absolute atomic E-state index is 12.4. The Morgan fingerprint density at radius 3 is 1.64 bits per heavy atom. The topological polar surface area (TPSA) is 85.5 Å². The van der Waals surface area contributed by atoms with Crippen LogP contribution in [0.25, 0.3) is 0 Å². The second kappa shape index (κ2) is 11.1. The van der Waals surface area contributed by atoms with Gasteiger partial charge in [-0.3, -0.25) is 9.59 Å². The Morgan fingerprint density at radius 1 is 0.786 bits per heavy atom. The molecule has 2 heterocycles. The van der Waals surface area contributed by atoms with E-state index in [1.807, 2.05) is 0 Å². The molecule has 0 spiro atoms. The summed E-state index contributed by atoms with van der Waals surface area (Å²) in [6.45, 7) is 10.1. The first-order valence-electron chi connectivity index (χ1n) is 10.2. The molecule has 0 saturated carbocycles. The second-order valence-corrected chi connectivity index (χ2v) is 7.32. The van der Waals surface area contributed by atoms with E-state index in [2.05, 4.69) is 10.6 Å². The molecule has 28 heavy (non-hydrogen) atoms. The molecule has 154 valence electrons. The lowest BCUT2D eigenvalue weighted by Gasteiger charge is -2.23. The van der Waals surface area contributed by atoms with E-state index in [9.17, 15) is 9.59 Å². The standard InChI is InChI=1S/C20H30N4O4/c25-19(21-4-6-23-8-12-27-13-9-23)17-2-1-3-18(16-17)20(26)22-5-7-24-10-14-28-15-11-24/h1-3,16H,4-15H2,(H,21,25)(H,22,26)/p+2. The lowest BCUT2D eigenvalue weighted by molar-refractivity contribution is -0.906. The van der Waals surface area contributed by atoms with E-state index in [-0.39, 0.29) is 11.8 Å². The van der Waals surface area contributed by atoms with Crippen molar-refractivity contribution < 1.29 is 28.9 Å². The van der Waals surface area contributed by atoms with Crippen LogP contribution in [0.5, 0.6) is 0 Å². The largest absolute Gasteiger partial charge is 0.370 e. The van der Waals surface area contributed by atoms with Crippen LogP contribution in [-0.4, -0.2) is 90.6 Å². The van der Waals surface area contributed by atoms with E-state index in [0.717, 1.165) is 65.7 Å². The van der Waals surface area contributed by atoms with E-state index < -0.39 is 0 Å². The minimum absolute atomic E-state index is 0.139. The maximum Gasteiger partial charge on any atom is 0.251 e. The zero-order chi connectivity index (χ0) is 19.6. The van der Waals surface area contributed by atoms with Gasteiger partial charge in [-0.25, -0.2) is 0 Å². The van der Waals surface area contributed by atoms with Crippen LogP contribution in [0.1, 0.15) is 20.7 Å². The van der Waals surface area contributed by atoms with Gasteiger partial charge in [-0.2, -0.15) is 0 Å². The van der Waals surface area contributed by atoms with Crippen LogP contribution in [0.15, 0.2) is 24.3 Å². The number of quaternary nitrogens is 2. The molecular formula is C20H32N4O4+2. The SMILES string of the molecule is O=C(NCC[NH+]1CCOCC1)c1cccc(C(=O)NCC[NH+]2CCOCC2)c1. The summed E-state index contributed by atoms with van der Waals surface area (Å²) in [6.07, 6.45) is 0. The van der Waals surface area contributed by atoms with Crippen LogP contribution < -0.4 is 20.4 Å². The highest BCUT2D eigenvalue weighted by Crippen LogP contribution is 2.05. The molecule has 8 heteroatoms. The molecule has 2 amide bonds. The molecule has 1 aromatic rings. The van der Waals surface area contributed by atoms with Crippen molar-refractivity contribution in [3.8, 4) is 0 Å². The van der Waals surface area contributed by atoms with E-state index in [4.69, 9.17) is 9.47 Å². The molecule has 2 saturated heterocycles. The smallest absolute Gasteiger partial charge is 0.251 e. The fraction of sp³-hybridized carbons (Fsp3) is 0.600. The third-order valence-electron chi connectivity index (χ3n) is 5.31. The summed E-state index contributed by atoms with van der Waals surface area (Å²) in [5.74, 6) is -0.278. The van der Waals surface area contributed by atoms with Crippen molar-refractivity contribution in [3.05, 3.63) is 35.4 Å². The van der Waals surface area contributed by atoms with E-state index in [1.165, 1.54) is 9.80 Å². The summed E-state index contributed by atoms with van der Waals surface area (Å²) in [4.78, 5) is 27.7. The number of amides is 2. The minimum atomic E-state index is -0.139. The number of carbonyl (C=O) groups is 2. The first kappa shape index (κ1) is 20.7. The number of hydrogen-bond acceptors (Lipinski definition) is 4. The van der Waals surface area contributed by atoms with Crippen LogP contribution in [0.2, 0.25) is 0 Å². The second-order valence-electron chi connectivity index (χ2n) is 7.32. The van der Waals surface area contributed by atoms with Gasteiger partial charge in [0.05, 0.1) is 52.6 Å². The number of morpholine rings is 2. The highest BCUT2D eigenvalue weighted by atomic mass is 16.5. The summed E-state index contributed by atoms with van der Waals surface area (Å²) >= 11 is 0. The number of rotatable bonds is 8. The van der Waals surface area contributed by atoms with Gasteiger partial charge in [-0.15, -0.1) is 0 Å². The van der Waals surface area contributed by atoms with Crippen molar-refractivity contribution >= 4 is 11.8 Å². The maximum atomic E-state index is 12.4. The van der Waals surface area contributed by atoms with Gasteiger partial charge < -0.3 is 29.9 Å². The highest BCUT2D eigenvalue weighted by Gasteiger charge is 2.16. The number of carbonyl (C=O) groups excluding carboxylic acids is 2. The Balaban J connectivity index is 1.41. The average molecular weight is 393 g/mol. The van der Waals surface area contributed by atoms with Crippen LogP contribution >= 0.6 is 0 Å². The first-order valence-corrected chi connectivity index (χ1v) is 10.2. The Morgan fingerprint density at radius 2 is 1.21 bits per heavy atom. The molecule has 3 rings (SSSR count). The first-order chi connectivity index (χ1) is 13.7. The molecule has 1 aromatic carbocycles. The Hall–Kier alpha value is -2.00. The van der Waals surface area contributed by atoms with Gasteiger partial charge in [0.15, 0.2) is 0 Å². The quantitative estimate of drug-likeness (QED) is 0.379. The number of hydrogen-bond donors (Lipinski definition) is 4. The molecule has 4 N–H and O–H groups in total. The average Bonchev–Trinajstić information content (AvgIpc) is 2.75. The van der Waals surface area contributed by atoms with E-state index in [0.29, 0.717) is 24.2 Å². The fourth-order valence-electron chi connectivity index (χ4n) is 3.53. The van der Waals surface area contributed by atoms with Crippen molar-refractivity contribution in [2.45, 2.75) is 0 Å². The van der Waals surface area contributed by atoms with Gasteiger partial charge in [0, 0.05) is 11.1 Å². The Kier molecular flexibility index (Phi) is 8.23. The molecule has 0 bridgehead atoms. The molecule has 2 aliphatic heterocycles. The normalized spacial score (nSPS) is 18.6. The van der Waals surface area contributed by atoms with E-state index >= 15 is 0 Å². The van der Waals surface area contributed by atoms with E-state index in [1.54, 1.807) is 24.3 Å². The van der Waals surface area contributed by atoms with Crippen LogP contribution in [0, 0.1) is 0 Å². The summed E-state index contributed by atoms with van der Waals surface area (Å²) in [6, 6.07) is 6.90. The van der Waals surface area contributed by atoms with Gasteiger partial charge in [0.1, 0.15) is 26.2 Å². The highest BCUT2D eigenvalue weighted by molar-refractivity contribution is 5.99. The number of nitrogens with one attached hydrogen (secondary N) is 4. The fourth-order valence-corrected chi connectivity index (χ4v) is 3.53. The van der Waals surface area contributed by atoms with Crippen LogP contribution in [0.3, 0.4) is 0 Å². The molecule has 0 radical (unpaired) electrons. The Labute approximate surface area is 166 Å². The van der Waals surface area contributed by atoms with Crippen molar-refractivity contribution in [1.82, 2.24) is 10.6 Å². The molecule has 0 unspecified atom stereocenters. The Bertz CT molecular complexity index is 592. The summed E-state index contributed by atoms with van der Waals surface area (Å²) in [5.41, 5.74) is 1.03. The zero-order valence-electron chi connectivity index (χ0n) is 16.4. The molecule has 2 aliphatic rings. The molecule has 2 fully saturated rings. The van der Waals surface area contributed by atoms with Crippen molar-refractivity contribution in [2.75, 3.05) is 78.8 Å². The predicted octanol–water partition coefficient (Wildman–Crippen LogP) is -3.02. The lowest BCUT2D eigenvalue weighted by Crippen LogP contribution is -3.14. The summed E-state index contributed by atoms with van der Waals surface area (Å²) < 4.78 is 10.7. The van der Waals surface area contributed by atoms with Gasteiger partial charge in [0.2, 0.25) is 0 Å². The van der Waals surface area contributed by atoms with Crippen molar-refractivity contribution in [3.63, 3.8) is 0 Å². The summed E-state index contributed by atoms with van der Waals surface area (Å²) in [5, 5.41) is 5.90. The molecule has 0 atom stereocenters. The monoisotopic (exact) mass is 392 g/mol. The van der Waals surface area contributed by atoms with Crippen molar-refractivity contribution in [2.24, 2.45) is 0 Å². The van der Waals surface area contributed by atoms with Crippen LogP contribution in [-0.2, 0) is 9.47 Å². The summed E-state index contributed by atoms with van der Waals surface area (Å²) in [7, 11) is 0. The zero-order valence-corrected chi connectivity index (χ0v) is 16.4. The third-order valence-corrected chi connectivity index (χ3v) is 5.31. The van der Waals surface area contributed by atoms with Gasteiger partial charge >= 0.3 is 0 Å². The number of benzene rings is 1. The van der Waals surface area contributed by atoms with Gasteiger partial charge in [-0.1, -0.05) is 6.07 Å². The van der Waals surface area contributed by atoms with Crippen molar-refractivity contribution in [1.29, 1.82) is 0 Å². The molecular weight excluding hydrogens is 360 g/mol. The lowest BCUT2D eigenvalue weighted by atomic mass is 10.1. The number of ether oxygens (including phenoxy) is 2. The molecule has 0 aromatic heterocycles. The van der Waals surface area contributed by atoms with Gasteiger partial charge in [0.25, 0.3) is 11.8 Å². The van der Waals surface area contributed by atoms with Gasteiger partial charge in [-0.05, 0) is 18.2 Å². The predicted molar refractivity (Wildman–Crippen MR) is 104 cm³/mol. The molecule has 0 aliphatic carbocycles. The third kappa shape index (κ3) is 6.56. The van der Waals surface area contributed by atoms with Crippen LogP contribution in [0.4, 0.5) is 0 Å². The molecule has 8 nitrogen and oxygen atoms in total. The minimum Gasteiger partial charge on any atom is -0.370 e.